The Kier molecular flexibility index (Phi) is 3.20. The van der Waals surface area contributed by atoms with Crippen molar-refractivity contribution < 1.29 is 14.6 Å². The second-order valence-electron chi connectivity index (χ2n) is 7.12. The molecule has 4 aliphatic carbocycles. The maximum absolute atomic E-state index is 11.6. The molecule has 0 aromatic rings. The van der Waals surface area contributed by atoms with Crippen molar-refractivity contribution in [2.75, 3.05) is 13.2 Å². The molecule has 0 saturated heterocycles. The summed E-state index contributed by atoms with van der Waals surface area (Å²) in [4.78, 5) is 11.6. The molecule has 0 radical (unpaired) electrons. The summed E-state index contributed by atoms with van der Waals surface area (Å²) in [7, 11) is 0. The van der Waals surface area contributed by atoms with Crippen molar-refractivity contribution in [3.63, 3.8) is 0 Å². The van der Waals surface area contributed by atoms with E-state index in [0.717, 1.165) is 24.7 Å². The molecule has 3 heteroatoms. The maximum atomic E-state index is 11.6. The van der Waals surface area contributed by atoms with Crippen LogP contribution in [0.4, 0.5) is 0 Å². The molecule has 0 spiro atoms. The molecule has 106 valence electrons. The van der Waals surface area contributed by atoms with Gasteiger partial charge in [-0.1, -0.05) is 6.58 Å². The van der Waals surface area contributed by atoms with Crippen LogP contribution in [0.5, 0.6) is 0 Å². The number of ether oxygens (including phenoxy) is 1. The summed E-state index contributed by atoms with van der Waals surface area (Å²) in [5.41, 5.74) is 0.513. The van der Waals surface area contributed by atoms with Gasteiger partial charge in [0.15, 0.2) is 0 Å². The lowest BCUT2D eigenvalue weighted by Crippen LogP contribution is -2.56. The molecule has 0 aliphatic heterocycles. The van der Waals surface area contributed by atoms with Crippen LogP contribution in [-0.2, 0) is 9.53 Å². The number of aliphatic hydroxyl groups is 1. The maximum Gasteiger partial charge on any atom is 0.333 e. The SMILES string of the molecule is C=C(C)C(=O)OCC12CC3CC(CC(C3)C1CO)C2. The zero-order chi connectivity index (χ0) is 13.6. The van der Waals surface area contributed by atoms with Gasteiger partial charge in [0, 0.05) is 17.6 Å². The number of carbonyl (C=O) groups is 1. The molecule has 1 N–H and O–H groups in total. The van der Waals surface area contributed by atoms with Gasteiger partial charge in [-0.2, -0.15) is 0 Å². The zero-order valence-corrected chi connectivity index (χ0v) is 11.7. The molecular formula is C16H24O3. The smallest absolute Gasteiger partial charge is 0.333 e. The van der Waals surface area contributed by atoms with Gasteiger partial charge in [-0.3, -0.25) is 0 Å². The van der Waals surface area contributed by atoms with E-state index in [2.05, 4.69) is 6.58 Å². The fourth-order valence-electron chi connectivity index (χ4n) is 5.21. The van der Waals surface area contributed by atoms with E-state index in [0.29, 0.717) is 24.0 Å². The Morgan fingerprint density at radius 3 is 2.47 bits per heavy atom. The predicted molar refractivity (Wildman–Crippen MR) is 72.3 cm³/mol. The Morgan fingerprint density at radius 2 is 1.95 bits per heavy atom. The molecule has 4 rings (SSSR count). The van der Waals surface area contributed by atoms with E-state index in [1.807, 2.05) is 0 Å². The summed E-state index contributed by atoms with van der Waals surface area (Å²) < 4.78 is 5.47. The second kappa shape index (κ2) is 4.62. The Labute approximate surface area is 115 Å². The fourth-order valence-corrected chi connectivity index (χ4v) is 5.21. The van der Waals surface area contributed by atoms with Crippen LogP contribution in [0, 0.1) is 29.1 Å². The molecule has 0 aromatic heterocycles. The van der Waals surface area contributed by atoms with Crippen molar-refractivity contribution in [1.82, 2.24) is 0 Å². The molecule has 0 aromatic carbocycles. The third kappa shape index (κ3) is 2.12. The summed E-state index contributed by atoms with van der Waals surface area (Å²) in [5, 5.41) is 9.78. The van der Waals surface area contributed by atoms with Crippen LogP contribution >= 0.6 is 0 Å². The van der Waals surface area contributed by atoms with Crippen molar-refractivity contribution in [3.8, 4) is 0 Å². The number of rotatable bonds is 4. The van der Waals surface area contributed by atoms with Gasteiger partial charge in [-0.25, -0.2) is 4.79 Å². The lowest BCUT2D eigenvalue weighted by atomic mass is 9.45. The van der Waals surface area contributed by atoms with Crippen LogP contribution < -0.4 is 0 Å². The molecule has 0 heterocycles. The van der Waals surface area contributed by atoms with Crippen LogP contribution in [0.15, 0.2) is 12.2 Å². The van der Waals surface area contributed by atoms with Gasteiger partial charge < -0.3 is 9.84 Å². The standard InChI is InChI=1S/C16H24O3/c1-10(2)15(18)19-9-16-6-11-3-12(7-16)5-13(4-11)14(16)8-17/h11-14,17H,1,3-9H2,2H3. The lowest BCUT2D eigenvalue weighted by Gasteiger charge is -2.60. The van der Waals surface area contributed by atoms with Crippen LogP contribution in [0.3, 0.4) is 0 Å². The molecule has 4 saturated carbocycles. The summed E-state index contributed by atoms with van der Waals surface area (Å²) in [6.45, 7) is 6.05. The van der Waals surface area contributed by atoms with Gasteiger partial charge in [0.25, 0.3) is 0 Å². The minimum atomic E-state index is -0.285. The highest BCUT2D eigenvalue weighted by atomic mass is 16.5. The highest BCUT2D eigenvalue weighted by molar-refractivity contribution is 5.86. The van der Waals surface area contributed by atoms with Crippen LogP contribution in [0.1, 0.15) is 39.0 Å². The number of carbonyl (C=O) groups excluding carboxylic acids is 1. The van der Waals surface area contributed by atoms with Crippen LogP contribution in [0.2, 0.25) is 0 Å². The molecule has 4 bridgehead atoms. The highest BCUT2D eigenvalue weighted by Crippen LogP contribution is 2.62. The van der Waals surface area contributed by atoms with Gasteiger partial charge in [-0.15, -0.1) is 0 Å². The van der Waals surface area contributed by atoms with Gasteiger partial charge >= 0.3 is 5.97 Å². The highest BCUT2D eigenvalue weighted by Gasteiger charge is 2.57. The fraction of sp³-hybridized carbons (Fsp3) is 0.812. The number of hydrogen-bond donors (Lipinski definition) is 1. The molecule has 3 nitrogen and oxygen atoms in total. The predicted octanol–water partition coefficient (Wildman–Crippen LogP) is 2.54. The van der Waals surface area contributed by atoms with Gasteiger partial charge in [0.1, 0.15) is 0 Å². The van der Waals surface area contributed by atoms with E-state index in [-0.39, 0.29) is 18.0 Å². The molecule has 3 atom stereocenters. The molecule has 4 fully saturated rings. The van der Waals surface area contributed by atoms with Gasteiger partial charge in [0.05, 0.1) is 6.61 Å². The molecule has 19 heavy (non-hydrogen) atoms. The first-order chi connectivity index (χ1) is 9.04. The Morgan fingerprint density at radius 1 is 1.32 bits per heavy atom. The first-order valence-electron chi connectivity index (χ1n) is 7.47. The number of esters is 1. The minimum absolute atomic E-state index is 0.0502. The van der Waals surface area contributed by atoms with E-state index < -0.39 is 0 Å². The normalized spacial score (nSPS) is 43.3. The topological polar surface area (TPSA) is 46.5 Å². The number of aliphatic hydroxyl groups excluding tert-OH is 1. The van der Waals surface area contributed by atoms with Crippen molar-refractivity contribution in [2.24, 2.45) is 29.1 Å². The van der Waals surface area contributed by atoms with Crippen LogP contribution in [0.25, 0.3) is 0 Å². The molecular weight excluding hydrogens is 240 g/mol. The Bertz CT molecular complexity index is 387. The monoisotopic (exact) mass is 264 g/mol. The van der Waals surface area contributed by atoms with Crippen molar-refractivity contribution in [3.05, 3.63) is 12.2 Å². The van der Waals surface area contributed by atoms with Gasteiger partial charge in [0.2, 0.25) is 0 Å². The van der Waals surface area contributed by atoms with Gasteiger partial charge in [-0.05, 0) is 62.7 Å². The van der Waals surface area contributed by atoms with Crippen molar-refractivity contribution in [1.29, 1.82) is 0 Å². The molecule has 3 unspecified atom stereocenters. The Hall–Kier alpha value is -0.830. The first kappa shape index (κ1) is 13.2. The van der Waals surface area contributed by atoms with E-state index in [1.165, 1.54) is 19.3 Å². The number of hydrogen-bond acceptors (Lipinski definition) is 3. The Balaban J connectivity index is 1.76. The second-order valence-corrected chi connectivity index (χ2v) is 7.12. The first-order valence-corrected chi connectivity index (χ1v) is 7.47. The van der Waals surface area contributed by atoms with Crippen LogP contribution in [-0.4, -0.2) is 24.3 Å². The summed E-state index contributed by atoms with van der Waals surface area (Å²) in [5.74, 6) is 2.29. The summed E-state index contributed by atoms with van der Waals surface area (Å²) in [6.07, 6.45) is 6.17. The molecule has 4 aliphatic rings. The zero-order valence-electron chi connectivity index (χ0n) is 11.7. The van der Waals surface area contributed by atoms with E-state index in [9.17, 15) is 9.90 Å². The largest absolute Gasteiger partial charge is 0.462 e. The summed E-state index contributed by atoms with van der Waals surface area (Å²) >= 11 is 0. The average molecular weight is 264 g/mol. The third-order valence-corrected chi connectivity index (χ3v) is 5.72. The third-order valence-electron chi connectivity index (χ3n) is 5.72. The van der Waals surface area contributed by atoms with Crippen molar-refractivity contribution >= 4 is 5.97 Å². The quantitative estimate of drug-likeness (QED) is 0.627. The van der Waals surface area contributed by atoms with E-state index in [1.54, 1.807) is 6.92 Å². The van der Waals surface area contributed by atoms with E-state index >= 15 is 0 Å². The average Bonchev–Trinajstić information content (AvgIpc) is 2.35. The summed E-state index contributed by atoms with van der Waals surface area (Å²) in [6, 6.07) is 0. The molecule has 0 amide bonds. The van der Waals surface area contributed by atoms with E-state index in [4.69, 9.17) is 4.74 Å². The minimum Gasteiger partial charge on any atom is -0.462 e. The lowest BCUT2D eigenvalue weighted by molar-refractivity contribution is -0.169. The van der Waals surface area contributed by atoms with Crippen molar-refractivity contribution in [2.45, 2.75) is 39.0 Å².